The van der Waals surface area contributed by atoms with Gasteiger partial charge in [0, 0.05) is 37.6 Å². The maximum atomic E-state index is 5.82. The van der Waals surface area contributed by atoms with E-state index in [4.69, 9.17) is 22.1 Å². The van der Waals surface area contributed by atoms with E-state index in [1.54, 1.807) is 7.11 Å². The zero-order chi connectivity index (χ0) is 20.5. The molecule has 156 valence electrons. The van der Waals surface area contributed by atoms with Gasteiger partial charge in [-0.1, -0.05) is 13.8 Å². The van der Waals surface area contributed by atoms with Crippen molar-refractivity contribution in [3.05, 3.63) is 34.6 Å². The summed E-state index contributed by atoms with van der Waals surface area (Å²) < 4.78 is 10.2. The molecule has 0 amide bonds. The average Bonchev–Trinajstić information content (AvgIpc) is 3.02. The fourth-order valence-electron chi connectivity index (χ4n) is 4.05. The van der Waals surface area contributed by atoms with Gasteiger partial charge < -0.3 is 9.64 Å². The monoisotopic (exact) mass is 413 g/mol. The maximum absolute atomic E-state index is 5.82. The Morgan fingerprint density at radius 1 is 1.10 bits per heavy atom. The third kappa shape index (κ3) is 4.17. The van der Waals surface area contributed by atoms with E-state index < -0.39 is 0 Å². The van der Waals surface area contributed by atoms with Crippen LogP contribution < -0.4 is 4.74 Å². The van der Waals surface area contributed by atoms with Crippen LogP contribution in [0.5, 0.6) is 5.75 Å². The minimum atomic E-state index is 0.737. The molecule has 4 rings (SSSR count). The highest BCUT2D eigenvalue weighted by Crippen LogP contribution is 2.25. The molecule has 2 aromatic heterocycles. The Kier molecular flexibility index (Phi) is 5.90. The molecule has 7 heteroatoms. The van der Waals surface area contributed by atoms with Crippen molar-refractivity contribution in [2.24, 2.45) is 5.92 Å². The van der Waals surface area contributed by atoms with Crippen molar-refractivity contribution in [3.8, 4) is 5.75 Å². The Morgan fingerprint density at radius 2 is 1.83 bits per heavy atom. The lowest BCUT2D eigenvalue weighted by Gasteiger charge is -2.34. The fourth-order valence-corrected chi connectivity index (χ4v) is 4.34. The van der Waals surface area contributed by atoms with Gasteiger partial charge in [-0.05, 0) is 61.8 Å². The van der Waals surface area contributed by atoms with Crippen molar-refractivity contribution < 1.29 is 4.74 Å². The highest BCUT2D eigenvalue weighted by Gasteiger charge is 2.19. The summed E-state index contributed by atoms with van der Waals surface area (Å²) in [5.74, 6) is 1.60. The quantitative estimate of drug-likeness (QED) is 0.572. The van der Waals surface area contributed by atoms with Crippen LogP contribution in [0.1, 0.15) is 25.8 Å². The number of benzene rings is 1. The van der Waals surface area contributed by atoms with Crippen LogP contribution in [0.25, 0.3) is 16.6 Å². The van der Waals surface area contributed by atoms with Crippen LogP contribution in [-0.2, 0) is 6.67 Å². The number of methoxy groups -OCH3 is 1. The molecule has 0 bridgehead atoms. The molecule has 6 nitrogen and oxygen atoms in total. The van der Waals surface area contributed by atoms with Crippen LogP contribution in [0.4, 0.5) is 0 Å². The normalized spacial score (nSPS) is 16.3. The lowest BCUT2D eigenvalue weighted by atomic mass is 10.1. The van der Waals surface area contributed by atoms with Gasteiger partial charge in [-0.25, -0.2) is 4.68 Å². The molecule has 29 heavy (non-hydrogen) atoms. The van der Waals surface area contributed by atoms with Gasteiger partial charge >= 0.3 is 0 Å². The topological polar surface area (TPSA) is 37.9 Å². The molecule has 1 aliphatic heterocycles. The summed E-state index contributed by atoms with van der Waals surface area (Å²) in [5, 5.41) is 6.00. The van der Waals surface area contributed by atoms with E-state index in [9.17, 15) is 0 Å². The summed E-state index contributed by atoms with van der Waals surface area (Å²) >= 11 is 5.82. The maximum Gasteiger partial charge on any atom is 0.204 e. The number of hydrogen-bond acceptors (Lipinski definition) is 5. The summed E-state index contributed by atoms with van der Waals surface area (Å²) in [6.07, 6.45) is 1.27. The Labute approximate surface area is 177 Å². The molecule has 0 aliphatic carbocycles. The van der Waals surface area contributed by atoms with E-state index in [0.717, 1.165) is 60.5 Å². The molecule has 0 unspecified atom stereocenters. The van der Waals surface area contributed by atoms with Crippen molar-refractivity contribution in [2.75, 3.05) is 39.8 Å². The number of hydrogen-bond donors (Lipinski definition) is 0. The summed E-state index contributed by atoms with van der Waals surface area (Å²) in [5.41, 5.74) is 3.14. The molecular formula is C22H31N5OS. The number of aryl methyl sites for hydroxylation is 1. The first-order chi connectivity index (χ1) is 14.0. The first-order valence-corrected chi connectivity index (χ1v) is 10.9. The summed E-state index contributed by atoms with van der Waals surface area (Å²) in [6.45, 7) is 13.0. The molecule has 1 saturated heterocycles. The van der Waals surface area contributed by atoms with E-state index in [2.05, 4.69) is 47.1 Å². The molecule has 0 saturated carbocycles. The Bertz CT molecular complexity index is 1060. The van der Waals surface area contributed by atoms with Crippen molar-refractivity contribution in [3.63, 3.8) is 0 Å². The van der Waals surface area contributed by atoms with Gasteiger partial charge in [-0.2, -0.15) is 5.10 Å². The van der Waals surface area contributed by atoms with E-state index in [1.807, 2.05) is 16.8 Å². The number of pyridine rings is 1. The predicted molar refractivity (Wildman–Crippen MR) is 120 cm³/mol. The fraction of sp³-hybridized carbons (Fsp3) is 0.545. The molecule has 3 aromatic rings. The second kappa shape index (κ2) is 8.42. The van der Waals surface area contributed by atoms with Gasteiger partial charge in [0.25, 0.3) is 0 Å². The molecule has 1 aliphatic rings. The molecule has 0 radical (unpaired) electrons. The molecule has 0 N–H and O–H groups in total. The van der Waals surface area contributed by atoms with Crippen LogP contribution in [-0.4, -0.2) is 63.8 Å². The zero-order valence-electron chi connectivity index (χ0n) is 17.9. The number of rotatable bonds is 6. The molecule has 3 heterocycles. The van der Waals surface area contributed by atoms with Crippen molar-refractivity contribution in [1.29, 1.82) is 0 Å². The number of nitrogens with zero attached hydrogens (tertiary/aromatic N) is 5. The minimum absolute atomic E-state index is 0.737. The number of fused-ring (bicyclic) bond motifs is 3. The molecular weight excluding hydrogens is 382 g/mol. The van der Waals surface area contributed by atoms with Crippen LogP contribution in [0, 0.1) is 17.6 Å². The summed E-state index contributed by atoms with van der Waals surface area (Å²) in [4.78, 5) is 5.02. The van der Waals surface area contributed by atoms with Gasteiger partial charge in [0.15, 0.2) is 5.65 Å². The number of aromatic nitrogens is 3. The SMILES string of the molecule is COc1ccc2c(C)cc3nn(CN4CCN(CCC(C)C)CC4)c(=S)n3c2c1. The molecule has 1 fully saturated rings. The van der Waals surface area contributed by atoms with Crippen LogP contribution in [0.3, 0.4) is 0 Å². The van der Waals surface area contributed by atoms with Crippen LogP contribution in [0.2, 0.25) is 0 Å². The van der Waals surface area contributed by atoms with E-state index >= 15 is 0 Å². The standard InChI is InChI=1S/C22H31N5OS/c1-16(2)7-8-24-9-11-25(12-10-24)15-26-22(29)27-20-14-18(28-4)5-6-19(20)17(3)13-21(27)23-26/h5-6,13-14,16H,7-12,15H2,1-4H3. The third-order valence-corrected chi connectivity index (χ3v) is 6.30. The lowest BCUT2D eigenvalue weighted by Crippen LogP contribution is -2.47. The second-order valence-corrected chi connectivity index (χ2v) is 8.83. The van der Waals surface area contributed by atoms with E-state index in [-0.39, 0.29) is 0 Å². The first-order valence-electron chi connectivity index (χ1n) is 10.5. The number of piperazine rings is 1. The van der Waals surface area contributed by atoms with E-state index in [1.165, 1.54) is 23.9 Å². The first kappa shape index (κ1) is 20.3. The summed E-state index contributed by atoms with van der Waals surface area (Å²) in [6, 6.07) is 8.25. The van der Waals surface area contributed by atoms with Crippen LogP contribution in [0.15, 0.2) is 24.3 Å². The Morgan fingerprint density at radius 3 is 2.52 bits per heavy atom. The third-order valence-electron chi connectivity index (χ3n) is 5.90. The summed E-state index contributed by atoms with van der Waals surface area (Å²) in [7, 11) is 1.69. The average molecular weight is 414 g/mol. The smallest absolute Gasteiger partial charge is 0.204 e. The van der Waals surface area contributed by atoms with Crippen molar-refractivity contribution >= 4 is 28.8 Å². The minimum Gasteiger partial charge on any atom is -0.497 e. The van der Waals surface area contributed by atoms with Crippen molar-refractivity contribution in [2.45, 2.75) is 33.9 Å². The van der Waals surface area contributed by atoms with E-state index in [0.29, 0.717) is 0 Å². The largest absolute Gasteiger partial charge is 0.497 e. The lowest BCUT2D eigenvalue weighted by molar-refractivity contribution is 0.0996. The second-order valence-electron chi connectivity index (χ2n) is 8.47. The number of ether oxygens (including phenoxy) is 1. The van der Waals surface area contributed by atoms with Gasteiger partial charge in [0.1, 0.15) is 5.75 Å². The van der Waals surface area contributed by atoms with Crippen LogP contribution >= 0.6 is 12.2 Å². The van der Waals surface area contributed by atoms with Gasteiger partial charge in [-0.3, -0.25) is 9.30 Å². The zero-order valence-corrected chi connectivity index (χ0v) is 18.7. The Balaban J connectivity index is 1.57. The Hall–Kier alpha value is -1.96. The molecule has 0 spiro atoms. The van der Waals surface area contributed by atoms with Gasteiger partial charge in [0.2, 0.25) is 4.77 Å². The molecule has 0 atom stereocenters. The molecule has 1 aromatic carbocycles. The van der Waals surface area contributed by atoms with Gasteiger partial charge in [-0.15, -0.1) is 0 Å². The van der Waals surface area contributed by atoms with Gasteiger partial charge in [0.05, 0.1) is 19.3 Å². The van der Waals surface area contributed by atoms with Crippen molar-refractivity contribution in [1.82, 2.24) is 24.0 Å². The highest BCUT2D eigenvalue weighted by molar-refractivity contribution is 7.71. The predicted octanol–water partition coefficient (Wildman–Crippen LogP) is 3.96. The highest BCUT2D eigenvalue weighted by atomic mass is 32.1.